The molecule has 2 aromatic rings. The van der Waals surface area contributed by atoms with Crippen LogP contribution >= 0.6 is 11.3 Å². The minimum atomic E-state index is -0.843. The number of hydrogen-bond acceptors (Lipinski definition) is 5. The lowest BCUT2D eigenvalue weighted by Crippen LogP contribution is -2.35. The van der Waals surface area contributed by atoms with Gasteiger partial charge in [-0.05, 0) is 30.5 Å². The molecule has 0 aliphatic carbocycles. The van der Waals surface area contributed by atoms with Gasteiger partial charge >= 0.3 is 5.97 Å². The van der Waals surface area contributed by atoms with Crippen LogP contribution in [0.2, 0.25) is 0 Å². The van der Waals surface area contributed by atoms with E-state index >= 15 is 0 Å². The topological polar surface area (TPSA) is 68.5 Å². The number of carbonyl (C=O) groups is 2. The highest BCUT2D eigenvalue weighted by atomic mass is 32.1. The Balaban J connectivity index is 1.80. The molecule has 19 heavy (non-hydrogen) atoms. The molecule has 6 heteroatoms. The molecule has 0 aliphatic rings. The van der Waals surface area contributed by atoms with Crippen LogP contribution in [0.4, 0.5) is 0 Å². The van der Waals surface area contributed by atoms with Crippen LogP contribution in [0.25, 0.3) is 0 Å². The molecule has 1 N–H and O–H groups in total. The van der Waals surface area contributed by atoms with Gasteiger partial charge in [0.05, 0.1) is 12.8 Å². The zero-order valence-corrected chi connectivity index (χ0v) is 11.1. The molecule has 0 aliphatic heterocycles. The van der Waals surface area contributed by atoms with Crippen molar-refractivity contribution in [1.29, 1.82) is 0 Å². The predicted molar refractivity (Wildman–Crippen MR) is 69.8 cm³/mol. The van der Waals surface area contributed by atoms with E-state index in [1.807, 2.05) is 0 Å². The summed E-state index contributed by atoms with van der Waals surface area (Å²) in [5.41, 5.74) is 0. The summed E-state index contributed by atoms with van der Waals surface area (Å²) in [6.45, 7) is 1.80. The number of amides is 1. The van der Waals surface area contributed by atoms with Crippen LogP contribution in [0.15, 0.2) is 40.3 Å². The second-order valence-corrected chi connectivity index (χ2v) is 4.77. The molecule has 0 unspecified atom stereocenters. The van der Waals surface area contributed by atoms with E-state index in [0.29, 0.717) is 10.6 Å². The van der Waals surface area contributed by atoms with Crippen molar-refractivity contribution in [1.82, 2.24) is 5.32 Å². The quantitative estimate of drug-likeness (QED) is 0.852. The van der Waals surface area contributed by atoms with E-state index in [0.717, 1.165) is 0 Å². The van der Waals surface area contributed by atoms with Gasteiger partial charge in [-0.2, -0.15) is 0 Å². The Morgan fingerprint density at radius 2 is 2.26 bits per heavy atom. The third-order valence-corrected chi connectivity index (χ3v) is 3.24. The first kappa shape index (κ1) is 13.4. The van der Waals surface area contributed by atoms with Crippen LogP contribution in [-0.2, 0) is 16.1 Å². The molecule has 2 aromatic heterocycles. The van der Waals surface area contributed by atoms with E-state index in [4.69, 9.17) is 9.15 Å². The first-order chi connectivity index (χ1) is 9.16. The fourth-order valence-electron chi connectivity index (χ4n) is 1.40. The molecule has 1 amide bonds. The second-order valence-electron chi connectivity index (χ2n) is 3.82. The molecule has 1 atom stereocenters. The van der Waals surface area contributed by atoms with Gasteiger partial charge in [0.15, 0.2) is 6.10 Å². The number of nitrogens with one attached hydrogen (secondary N) is 1. The lowest BCUT2D eigenvalue weighted by molar-refractivity contribution is -0.129. The van der Waals surface area contributed by atoms with Gasteiger partial charge in [-0.25, -0.2) is 4.79 Å². The smallest absolute Gasteiger partial charge is 0.349 e. The van der Waals surface area contributed by atoms with Crippen LogP contribution in [0.1, 0.15) is 22.4 Å². The van der Waals surface area contributed by atoms with Crippen molar-refractivity contribution in [2.45, 2.75) is 19.6 Å². The maximum atomic E-state index is 11.7. The number of esters is 1. The standard InChI is InChI=1S/C13H13NO4S/c1-9(18-13(16)11-5-3-7-19-11)12(15)14-8-10-4-2-6-17-10/h2-7,9H,8H2,1H3,(H,14,15)/t9-/m1/s1. The van der Waals surface area contributed by atoms with Gasteiger partial charge in [-0.3, -0.25) is 4.79 Å². The summed E-state index contributed by atoms with van der Waals surface area (Å²) in [5.74, 6) is -0.206. The Hall–Kier alpha value is -2.08. The first-order valence-corrected chi connectivity index (χ1v) is 6.59. The normalized spacial score (nSPS) is 11.8. The molecular weight excluding hydrogens is 266 g/mol. The van der Waals surface area contributed by atoms with Gasteiger partial charge in [0.2, 0.25) is 0 Å². The number of furan rings is 1. The predicted octanol–water partition coefficient (Wildman–Crippen LogP) is 2.20. The van der Waals surface area contributed by atoms with Crippen LogP contribution in [-0.4, -0.2) is 18.0 Å². The zero-order chi connectivity index (χ0) is 13.7. The summed E-state index contributed by atoms with van der Waals surface area (Å²) in [7, 11) is 0. The van der Waals surface area contributed by atoms with Crippen LogP contribution in [0, 0.1) is 0 Å². The van der Waals surface area contributed by atoms with Gasteiger partial charge in [0, 0.05) is 0 Å². The highest BCUT2D eigenvalue weighted by Gasteiger charge is 2.19. The van der Waals surface area contributed by atoms with E-state index in [9.17, 15) is 9.59 Å². The SMILES string of the molecule is C[C@@H](OC(=O)c1cccs1)C(=O)NCc1ccco1. The van der Waals surface area contributed by atoms with Crippen molar-refractivity contribution < 1.29 is 18.7 Å². The van der Waals surface area contributed by atoms with E-state index in [2.05, 4.69) is 5.32 Å². The molecule has 0 saturated carbocycles. The summed E-state index contributed by atoms with van der Waals surface area (Å²) < 4.78 is 10.1. The van der Waals surface area contributed by atoms with E-state index in [-0.39, 0.29) is 12.5 Å². The van der Waals surface area contributed by atoms with E-state index in [1.165, 1.54) is 24.5 Å². The highest BCUT2D eigenvalue weighted by Crippen LogP contribution is 2.11. The van der Waals surface area contributed by atoms with Crippen molar-refractivity contribution >= 4 is 23.2 Å². The first-order valence-electron chi connectivity index (χ1n) is 5.71. The van der Waals surface area contributed by atoms with Gasteiger partial charge in [-0.1, -0.05) is 6.07 Å². The Morgan fingerprint density at radius 1 is 1.42 bits per heavy atom. The largest absolute Gasteiger partial charge is 0.467 e. The lowest BCUT2D eigenvalue weighted by atomic mass is 10.3. The Morgan fingerprint density at radius 3 is 2.89 bits per heavy atom. The maximum absolute atomic E-state index is 11.7. The van der Waals surface area contributed by atoms with Crippen molar-refractivity contribution in [2.24, 2.45) is 0 Å². The highest BCUT2D eigenvalue weighted by molar-refractivity contribution is 7.11. The minimum absolute atomic E-state index is 0.271. The molecule has 0 saturated heterocycles. The van der Waals surface area contributed by atoms with Crippen LogP contribution in [0.3, 0.4) is 0 Å². The molecule has 0 radical (unpaired) electrons. The third-order valence-electron chi connectivity index (χ3n) is 2.39. The molecule has 0 aromatic carbocycles. The average molecular weight is 279 g/mol. The van der Waals surface area contributed by atoms with Gasteiger partial charge in [-0.15, -0.1) is 11.3 Å². The number of thiophene rings is 1. The molecule has 100 valence electrons. The van der Waals surface area contributed by atoms with Gasteiger partial charge in [0.25, 0.3) is 5.91 Å². The lowest BCUT2D eigenvalue weighted by Gasteiger charge is -2.12. The van der Waals surface area contributed by atoms with E-state index < -0.39 is 12.1 Å². The summed E-state index contributed by atoms with van der Waals surface area (Å²) in [5, 5.41) is 4.41. The molecule has 5 nitrogen and oxygen atoms in total. The maximum Gasteiger partial charge on any atom is 0.349 e. The fraction of sp³-hybridized carbons (Fsp3) is 0.231. The zero-order valence-electron chi connectivity index (χ0n) is 10.3. The number of hydrogen-bond donors (Lipinski definition) is 1. The fourth-order valence-corrected chi connectivity index (χ4v) is 2.00. The van der Waals surface area contributed by atoms with Crippen LogP contribution < -0.4 is 5.32 Å². The number of rotatable bonds is 5. The van der Waals surface area contributed by atoms with Gasteiger partial charge in [0.1, 0.15) is 10.6 Å². The summed E-state index contributed by atoms with van der Waals surface area (Å²) in [6, 6.07) is 6.90. The molecule has 0 bridgehead atoms. The number of carbonyl (C=O) groups excluding carboxylic acids is 2. The second kappa shape index (κ2) is 6.19. The Labute approximate surface area is 114 Å². The summed E-state index contributed by atoms with van der Waals surface area (Å²) in [4.78, 5) is 23.8. The monoisotopic (exact) mass is 279 g/mol. The molecular formula is C13H13NO4S. The average Bonchev–Trinajstić information content (AvgIpc) is 3.08. The van der Waals surface area contributed by atoms with Crippen molar-refractivity contribution in [3.8, 4) is 0 Å². The van der Waals surface area contributed by atoms with Crippen molar-refractivity contribution in [2.75, 3.05) is 0 Å². The summed E-state index contributed by atoms with van der Waals surface area (Å²) in [6.07, 6.45) is 0.687. The van der Waals surface area contributed by atoms with Crippen molar-refractivity contribution in [3.05, 3.63) is 46.5 Å². The molecule has 0 spiro atoms. The van der Waals surface area contributed by atoms with E-state index in [1.54, 1.807) is 29.6 Å². The Bertz CT molecular complexity index is 533. The number of ether oxygens (including phenoxy) is 1. The van der Waals surface area contributed by atoms with Crippen LogP contribution in [0.5, 0.6) is 0 Å². The summed E-state index contributed by atoms with van der Waals surface area (Å²) >= 11 is 1.27. The molecule has 2 heterocycles. The molecule has 0 fully saturated rings. The Kier molecular flexibility index (Phi) is 4.35. The minimum Gasteiger partial charge on any atom is -0.467 e. The third kappa shape index (κ3) is 3.69. The van der Waals surface area contributed by atoms with Crippen molar-refractivity contribution in [3.63, 3.8) is 0 Å². The molecule has 2 rings (SSSR count). The van der Waals surface area contributed by atoms with Gasteiger partial charge < -0.3 is 14.5 Å².